The van der Waals surface area contributed by atoms with E-state index in [1.165, 1.54) is 44.1 Å². The zero-order chi connectivity index (χ0) is 10.6. The molecule has 0 bridgehead atoms. The average Bonchev–Trinajstić information content (AvgIpc) is 2.15. The molecule has 0 saturated heterocycles. The molecule has 0 N–H and O–H groups in total. The van der Waals surface area contributed by atoms with Gasteiger partial charge in [0.2, 0.25) is 0 Å². The van der Waals surface area contributed by atoms with Gasteiger partial charge in [0, 0.05) is 0 Å². The second kappa shape index (κ2) is 5.58. The van der Waals surface area contributed by atoms with Gasteiger partial charge in [0.05, 0.1) is 0 Å². The van der Waals surface area contributed by atoms with E-state index in [1.54, 1.807) is 0 Å². The lowest BCUT2D eigenvalue weighted by Gasteiger charge is -2.31. The van der Waals surface area contributed by atoms with Crippen molar-refractivity contribution in [3.05, 3.63) is 12.2 Å². The Morgan fingerprint density at radius 2 is 2.07 bits per heavy atom. The number of hydrogen-bond acceptors (Lipinski definition) is 0. The average molecular weight is 194 g/mol. The molecule has 0 radical (unpaired) electrons. The van der Waals surface area contributed by atoms with Crippen LogP contribution in [0.2, 0.25) is 0 Å². The quantitative estimate of drug-likeness (QED) is 0.554. The standard InChI is InChI=1S/C14H26/c1-5-12(3)14-10-9-11(2)7-6-8-13(14)4/h12-14H,2,5-10H2,1,3-4H3. The fraction of sp³-hybridized carbons (Fsp3) is 0.857. The SMILES string of the molecule is C=C1CCCC(C)C(C(C)CC)CC1. The van der Waals surface area contributed by atoms with E-state index in [-0.39, 0.29) is 0 Å². The van der Waals surface area contributed by atoms with Crippen LogP contribution >= 0.6 is 0 Å². The number of allylic oxidation sites excluding steroid dienone is 1. The predicted octanol–water partition coefficient (Wildman–Crippen LogP) is 4.81. The molecule has 1 rings (SSSR count). The van der Waals surface area contributed by atoms with E-state index in [2.05, 4.69) is 27.4 Å². The monoisotopic (exact) mass is 194 g/mol. The summed E-state index contributed by atoms with van der Waals surface area (Å²) in [7, 11) is 0. The third-order valence-electron chi connectivity index (χ3n) is 4.13. The van der Waals surface area contributed by atoms with E-state index in [0.29, 0.717) is 0 Å². The zero-order valence-electron chi connectivity index (χ0n) is 10.2. The minimum atomic E-state index is 0.899. The van der Waals surface area contributed by atoms with Gasteiger partial charge in [0.1, 0.15) is 0 Å². The minimum absolute atomic E-state index is 0.899. The summed E-state index contributed by atoms with van der Waals surface area (Å²) in [4.78, 5) is 0. The van der Waals surface area contributed by atoms with Gasteiger partial charge in [-0.3, -0.25) is 0 Å². The van der Waals surface area contributed by atoms with Crippen molar-refractivity contribution in [1.29, 1.82) is 0 Å². The molecule has 1 aliphatic carbocycles. The highest BCUT2D eigenvalue weighted by Crippen LogP contribution is 2.35. The van der Waals surface area contributed by atoms with Gasteiger partial charge in [0.25, 0.3) is 0 Å². The van der Waals surface area contributed by atoms with Crippen molar-refractivity contribution in [3.63, 3.8) is 0 Å². The summed E-state index contributed by atoms with van der Waals surface area (Å²) in [5.74, 6) is 2.77. The van der Waals surface area contributed by atoms with Crippen molar-refractivity contribution in [2.45, 2.75) is 59.3 Å². The summed E-state index contributed by atoms with van der Waals surface area (Å²) in [6.07, 6.45) is 8.05. The maximum Gasteiger partial charge on any atom is -0.0320 e. The topological polar surface area (TPSA) is 0 Å². The van der Waals surface area contributed by atoms with Crippen LogP contribution in [0, 0.1) is 17.8 Å². The van der Waals surface area contributed by atoms with Crippen molar-refractivity contribution in [1.82, 2.24) is 0 Å². The van der Waals surface area contributed by atoms with Gasteiger partial charge < -0.3 is 0 Å². The van der Waals surface area contributed by atoms with Gasteiger partial charge in [-0.2, -0.15) is 0 Å². The Kier molecular flexibility index (Phi) is 4.71. The summed E-state index contributed by atoms with van der Waals surface area (Å²) in [6.45, 7) is 11.4. The van der Waals surface area contributed by atoms with Gasteiger partial charge in [-0.1, -0.05) is 45.8 Å². The van der Waals surface area contributed by atoms with Crippen molar-refractivity contribution >= 4 is 0 Å². The first-order valence-corrected chi connectivity index (χ1v) is 6.31. The molecule has 82 valence electrons. The van der Waals surface area contributed by atoms with E-state index in [1.807, 2.05) is 0 Å². The molecule has 1 aliphatic rings. The smallest absolute Gasteiger partial charge is 0.0320 e. The lowest BCUT2D eigenvalue weighted by Crippen LogP contribution is -2.21. The number of hydrogen-bond donors (Lipinski definition) is 0. The Labute approximate surface area is 89.8 Å². The molecule has 3 unspecified atom stereocenters. The Morgan fingerprint density at radius 3 is 2.71 bits per heavy atom. The van der Waals surface area contributed by atoms with Crippen LogP contribution in [-0.2, 0) is 0 Å². The van der Waals surface area contributed by atoms with E-state index in [4.69, 9.17) is 0 Å². The molecule has 0 aromatic carbocycles. The van der Waals surface area contributed by atoms with Crippen LogP contribution in [0.5, 0.6) is 0 Å². The minimum Gasteiger partial charge on any atom is -0.0999 e. The molecule has 0 nitrogen and oxygen atoms in total. The fourth-order valence-electron chi connectivity index (χ4n) is 2.82. The van der Waals surface area contributed by atoms with E-state index in [9.17, 15) is 0 Å². The molecular weight excluding hydrogens is 168 g/mol. The third kappa shape index (κ3) is 3.15. The van der Waals surface area contributed by atoms with E-state index in [0.717, 1.165) is 17.8 Å². The molecular formula is C14H26. The Bertz CT molecular complexity index is 180. The first-order valence-electron chi connectivity index (χ1n) is 6.31. The van der Waals surface area contributed by atoms with Crippen molar-refractivity contribution < 1.29 is 0 Å². The van der Waals surface area contributed by atoms with E-state index >= 15 is 0 Å². The third-order valence-corrected chi connectivity index (χ3v) is 4.13. The van der Waals surface area contributed by atoms with Crippen LogP contribution in [0.3, 0.4) is 0 Å². The molecule has 0 amide bonds. The molecule has 0 aliphatic heterocycles. The molecule has 14 heavy (non-hydrogen) atoms. The maximum absolute atomic E-state index is 4.16. The van der Waals surface area contributed by atoms with Gasteiger partial charge in [-0.05, 0) is 43.4 Å². The predicted molar refractivity (Wildman–Crippen MR) is 64.3 cm³/mol. The van der Waals surface area contributed by atoms with Crippen LogP contribution in [0.25, 0.3) is 0 Å². The second-order valence-electron chi connectivity index (χ2n) is 5.21. The normalized spacial score (nSPS) is 32.1. The van der Waals surface area contributed by atoms with Crippen LogP contribution in [0.1, 0.15) is 59.3 Å². The first-order chi connectivity index (χ1) is 6.65. The summed E-state index contributed by atoms with van der Waals surface area (Å²) >= 11 is 0. The summed E-state index contributed by atoms with van der Waals surface area (Å²) < 4.78 is 0. The molecule has 0 heteroatoms. The fourth-order valence-corrected chi connectivity index (χ4v) is 2.82. The van der Waals surface area contributed by atoms with E-state index < -0.39 is 0 Å². The largest absolute Gasteiger partial charge is 0.0999 e. The maximum atomic E-state index is 4.16. The molecule has 1 fully saturated rings. The molecule has 0 heterocycles. The van der Waals surface area contributed by atoms with Gasteiger partial charge in [-0.25, -0.2) is 0 Å². The zero-order valence-corrected chi connectivity index (χ0v) is 10.2. The number of rotatable bonds is 2. The second-order valence-corrected chi connectivity index (χ2v) is 5.21. The van der Waals surface area contributed by atoms with Crippen molar-refractivity contribution in [2.24, 2.45) is 17.8 Å². The Morgan fingerprint density at radius 1 is 1.36 bits per heavy atom. The Balaban J connectivity index is 2.55. The van der Waals surface area contributed by atoms with Crippen LogP contribution in [0.4, 0.5) is 0 Å². The molecule has 0 aromatic heterocycles. The van der Waals surface area contributed by atoms with Gasteiger partial charge in [0.15, 0.2) is 0 Å². The lowest BCUT2D eigenvalue weighted by molar-refractivity contribution is 0.212. The van der Waals surface area contributed by atoms with Gasteiger partial charge >= 0.3 is 0 Å². The Hall–Kier alpha value is -0.260. The highest BCUT2D eigenvalue weighted by atomic mass is 14.3. The van der Waals surface area contributed by atoms with Crippen LogP contribution in [0.15, 0.2) is 12.2 Å². The molecule has 0 spiro atoms. The summed E-state index contributed by atoms with van der Waals surface area (Å²) in [5, 5.41) is 0. The lowest BCUT2D eigenvalue weighted by atomic mass is 9.74. The van der Waals surface area contributed by atoms with Crippen LogP contribution < -0.4 is 0 Å². The molecule has 0 aromatic rings. The first kappa shape index (κ1) is 11.8. The highest BCUT2D eigenvalue weighted by Gasteiger charge is 2.23. The summed E-state index contributed by atoms with van der Waals surface area (Å²) in [6, 6.07) is 0. The highest BCUT2D eigenvalue weighted by molar-refractivity contribution is 4.96. The molecule has 3 atom stereocenters. The van der Waals surface area contributed by atoms with Crippen molar-refractivity contribution in [2.75, 3.05) is 0 Å². The van der Waals surface area contributed by atoms with Crippen LogP contribution in [-0.4, -0.2) is 0 Å². The van der Waals surface area contributed by atoms with Gasteiger partial charge in [-0.15, -0.1) is 0 Å². The summed E-state index contributed by atoms with van der Waals surface area (Å²) in [5.41, 5.74) is 1.49. The molecule has 1 saturated carbocycles. The van der Waals surface area contributed by atoms with Crippen molar-refractivity contribution in [3.8, 4) is 0 Å².